The van der Waals surface area contributed by atoms with Gasteiger partial charge in [0.1, 0.15) is 6.54 Å². The van der Waals surface area contributed by atoms with Crippen molar-refractivity contribution < 1.29 is 13.2 Å². The van der Waals surface area contributed by atoms with Crippen LogP contribution in [0.5, 0.6) is 0 Å². The number of sulfonamides is 1. The molecule has 0 aromatic rings. The largest absolute Gasteiger partial charge is 0.381 e. The molecule has 0 spiro atoms. The van der Waals surface area contributed by atoms with Crippen molar-refractivity contribution in [2.24, 2.45) is 0 Å². The van der Waals surface area contributed by atoms with Crippen molar-refractivity contribution in [1.82, 2.24) is 4.31 Å². The first-order valence-corrected chi connectivity index (χ1v) is 6.50. The van der Waals surface area contributed by atoms with E-state index >= 15 is 0 Å². The Bertz CT molecular complexity index is 306. The van der Waals surface area contributed by atoms with Crippen molar-refractivity contribution in [2.45, 2.75) is 26.8 Å². The molecule has 15 heavy (non-hydrogen) atoms. The Morgan fingerprint density at radius 2 is 2.07 bits per heavy atom. The van der Waals surface area contributed by atoms with Crippen LogP contribution < -0.4 is 0 Å². The van der Waals surface area contributed by atoms with Gasteiger partial charge in [-0.05, 0) is 20.8 Å². The Hall–Kier alpha value is -0.640. The SMILES string of the molecule is CCOCCS(=O)(=O)N(CC#N)C(C)C. The summed E-state index contributed by atoms with van der Waals surface area (Å²) in [6.07, 6.45) is 0. The van der Waals surface area contributed by atoms with Crippen molar-refractivity contribution in [1.29, 1.82) is 5.26 Å². The number of ether oxygens (including phenoxy) is 1. The Kier molecular flexibility index (Phi) is 6.48. The van der Waals surface area contributed by atoms with E-state index in [1.807, 2.05) is 13.0 Å². The van der Waals surface area contributed by atoms with E-state index in [-0.39, 0.29) is 24.9 Å². The summed E-state index contributed by atoms with van der Waals surface area (Å²) in [5.41, 5.74) is 0. The Morgan fingerprint density at radius 3 is 2.47 bits per heavy atom. The predicted molar refractivity (Wildman–Crippen MR) is 57.7 cm³/mol. The van der Waals surface area contributed by atoms with Gasteiger partial charge >= 0.3 is 0 Å². The van der Waals surface area contributed by atoms with Crippen LogP contribution in [-0.2, 0) is 14.8 Å². The lowest BCUT2D eigenvalue weighted by molar-refractivity contribution is 0.162. The minimum atomic E-state index is -3.37. The third kappa shape index (κ3) is 5.11. The zero-order valence-corrected chi connectivity index (χ0v) is 10.2. The summed E-state index contributed by atoms with van der Waals surface area (Å²) in [5, 5.41) is 8.53. The van der Waals surface area contributed by atoms with Crippen LogP contribution in [0.25, 0.3) is 0 Å². The first-order valence-electron chi connectivity index (χ1n) is 4.90. The van der Waals surface area contributed by atoms with E-state index in [9.17, 15) is 8.42 Å². The molecule has 0 aliphatic carbocycles. The van der Waals surface area contributed by atoms with E-state index in [0.29, 0.717) is 6.61 Å². The Morgan fingerprint density at radius 1 is 1.47 bits per heavy atom. The molecule has 0 atom stereocenters. The smallest absolute Gasteiger partial charge is 0.217 e. The highest BCUT2D eigenvalue weighted by molar-refractivity contribution is 7.89. The van der Waals surface area contributed by atoms with E-state index in [1.165, 1.54) is 4.31 Å². The molecule has 0 radical (unpaired) electrons. The number of hydrogen-bond acceptors (Lipinski definition) is 4. The zero-order valence-electron chi connectivity index (χ0n) is 9.43. The minimum absolute atomic E-state index is 0.0688. The first-order chi connectivity index (χ1) is 6.95. The fourth-order valence-electron chi connectivity index (χ4n) is 1.10. The maximum absolute atomic E-state index is 11.7. The Balaban J connectivity index is 4.45. The van der Waals surface area contributed by atoms with Crippen LogP contribution in [0.4, 0.5) is 0 Å². The second-order valence-corrected chi connectivity index (χ2v) is 5.35. The molecule has 0 unspecified atom stereocenters. The highest BCUT2D eigenvalue weighted by atomic mass is 32.2. The van der Waals surface area contributed by atoms with Gasteiger partial charge < -0.3 is 4.74 Å². The second-order valence-electron chi connectivity index (χ2n) is 3.31. The Labute approximate surface area is 91.7 Å². The molecule has 0 N–H and O–H groups in total. The number of hydrogen-bond donors (Lipinski definition) is 0. The quantitative estimate of drug-likeness (QED) is 0.477. The van der Waals surface area contributed by atoms with Gasteiger partial charge in [-0.25, -0.2) is 8.42 Å². The number of rotatable bonds is 7. The molecule has 0 amide bonds. The van der Waals surface area contributed by atoms with Crippen molar-refractivity contribution in [3.05, 3.63) is 0 Å². The summed E-state index contributed by atoms with van der Waals surface area (Å²) in [7, 11) is -3.37. The van der Waals surface area contributed by atoms with E-state index < -0.39 is 10.0 Å². The lowest BCUT2D eigenvalue weighted by Gasteiger charge is -2.22. The molecule has 6 heteroatoms. The summed E-state index contributed by atoms with van der Waals surface area (Å²) in [6, 6.07) is 1.65. The van der Waals surface area contributed by atoms with Crippen LogP contribution in [-0.4, -0.2) is 44.3 Å². The van der Waals surface area contributed by atoms with E-state index in [4.69, 9.17) is 10.00 Å². The summed E-state index contributed by atoms with van der Waals surface area (Å²) in [4.78, 5) is 0. The molecule has 0 aliphatic rings. The maximum atomic E-state index is 11.7. The second kappa shape index (κ2) is 6.77. The molecule has 0 aromatic heterocycles. The molecule has 0 rings (SSSR count). The van der Waals surface area contributed by atoms with Gasteiger partial charge in [0.05, 0.1) is 18.4 Å². The number of nitrogens with zero attached hydrogens (tertiary/aromatic N) is 2. The van der Waals surface area contributed by atoms with Gasteiger partial charge in [-0.15, -0.1) is 0 Å². The molecule has 0 aliphatic heterocycles. The highest BCUT2D eigenvalue weighted by Crippen LogP contribution is 2.06. The van der Waals surface area contributed by atoms with Gasteiger partial charge in [0.25, 0.3) is 0 Å². The van der Waals surface area contributed by atoms with Gasteiger partial charge in [-0.2, -0.15) is 9.57 Å². The molecule has 0 heterocycles. The molecular weight excluding hydrogens is 216 g/mol. The molecule has 0 saturated heterocycles. The summed E-state index contributed by atoms with van der Waals surface area (Å²) < 4.78 is 29.6. The summed E-state index contributed by atoms with van der Waals surface area (Å²) in [5.74, 6) is -0.0688. The monoisotopic (exact) mass is 234 g/mol. The first kappa shape index (κ1) is 14.4. The van der Waals surface area contributed by atoms with Gasteiger partial charge in [-0.3, -0.25) is 0 Å². The van der Waals surface area contributed by atoms with Crippen LogP contribution in [0, 0.1) is 11.3 Å². The molecule has 5 nitrogen and oxygen atoms in total. The van der Waals surface area contributed by atoms with Crippen LogP contribution in [0.3, 0.4) is 0 Å². The summed E-state index contributed by atoms with van der Waals surface area (Å²) >= 11 is 0. The fraction of sp³-hybridized carbons (Fsp3) is 0.889. The van der Waals surface area contributed by atoms with Crippen molar-refractivity contribution in [3.63, 3.8) is 0 Å². The molecular formula is C9H18N2O3S. The van der Waals surface area contributed by atoms with E-state index in [2.05, 4.69) is 0 Å². The highest BCUT2D eigenvalue weighted by Gasteiger charge is 2.24. The van der Waals surface area contributed by atoms with Gasteiger partial charge in [-0.1, -0.05) is 0 Å². The van der Waals surface area contributed by atoms with Gasteiger partial charge in [0.2, 0.25) is 10.0 Å². The lowest BCUT2D eigenvalue weighted by atomic mass is 10.4. The van der Waals surface area contributed by atoms with E-state index in [1.54, 1.807) is 13.8 Å². The minimum Gasteiger partial charge on any atom is -0.381 e. The van der Waals surface area contributed by atoms with Crippen LogP contribution in [0.1, 0.15) is 20.8 Å². The third-order valence-corrected chi connectivity index (χ3v) is 3.80. The van der Waals surface area contributed by atoms with E-state index in [0.717, 1.165) is 0 Å². The molecule has 88 valence electrons. The van der Waals surface area contributed by atoms with Crippen LogP contribution in [0.15, 0.2) is 0 Å². The molecule has 0 aromatic carbocycles. The molecule has 0 bridgehead atoms. The van der Waals surface area contributed by atoms with Gasteiger partial charge in [0, 0.05) is 12.6 Å². The fourth-order valence-corrected chi connectivity index (χ4v) is 2.56. The third-order valence-electron chi connectivity index (χ3n) is 1.85. The van der Waals surface area contributed by atoms with Crippen molar-refractivity contribution in [3.8, 4) is 6.07 Å². The normalized spacial score (nSPS) is 12.0. The van der Waals surface area contributed by atoms with Crippen molar-refractivity contribution in [2.75, 3.05) is 25.5 Å². The number of nitriles is 1. The molecule has 0 fully saturated rings. The lowest BCUT2D eigenvalue weighted by Crippen LogP contribution is -2.39. The standard InChI is InChI=1S/C9H18N2O3S/c1-4-14-7-8-15(12,13)11(6-5-10)9(2)3/h9H,4,6-8H2,1-3H3. The predicted octanol–water partition coefficient (Wildman–Crippen LogP) is 0.587. The average Bonchev–Trinajstić information content (AvgIpc) is 2.13. The molecule has 0 saturated carbocycles. The summed E-state index contributed by atoms with van der Waals surface area (Å²) in [6.45, 7) is 5.86. The maximum Gasteiger partial charge on any atom is 0.217 e. The zero-order chi connectivity index (χ0) is 11.9. The van der Waals surface area contributed by atoms with Crippen LogP contribution >= 0.6 is 0 Å². The van der Waals surface area contributed by atoms with Crippen LogP contribution in [0.2, 0.25) is 0 Å². The van der Waals surface area contributed by atoms with Crippen molar-refractivity contribution >= 4 is 10.0 Å². The average molecular weight is 234 g/mol. The van der Waals surface area contributed by atoms with Gasteiger partial charge in [0.15, 0.2) is 0 Å². The topological polar surface area (TPSA) is 70.4 Å².